The zero-order valence-electron chi connectivity index (χ0n) is 16.6. The predicted octanol–water partition coefficient (Wildman–Crippen LogP) is 3.62. The van der Waals surface area contributed by atoms with Crippen molar-refractivity contribution in [1.29, 1.82) is 0 Å². The number of hydrogen-bond donors (Lipinski definition) is 2. The van der Waals surface area contributed by atoms with Gasteiger partial charge in [0.05, 0.1) is 18.4 Å². The molecule has 1 unspecified atom stereocenters. The van der Waals surface area contributed by atoms with E-state index in [1.807, 2.05) is 36.4 Å². The molecule has 5 rings (SSSR count). The van der Waals surface area contributed by atoms with Crippen molar-refractivity contribution in [3.63, 3.8) is 0 Å². The summed E-state index contributed by atoms with van der Waals surface area (Å²) in [6, 6.07) is 17.7. The average Bonchev–Trinajstić information content (AvgIpc) is 3.40. The number of nitrogens with one attached hydrogen (secondary N) is 1. The standard InChI is InChI=1S/C24H19FN4O2/c25-22-17(9-4-10-18(22)26)21-14-29-23(19(27-21)12-15-6-2-1-3-7-15)28-20(24(29)30)13-16-8-5-11-31-16/h1-11,14,20H,12-13,26H2/p+1. The number of nitrogens with zero attached hydrogens (tertiary/aromatic N) is 2. The molecule has 0 saturated heterocycles. The quantitative estimate of drug-likeness (QED) is 0.384. The van der Waals surface area contributed by atoms with E-state index < -0.39 is 11.9 Å². The fourth-order valence-electron chi connectivity index (χ4n) is 3.83. The maximum absolute atomic E-state index is 14.7. The lowest BCUT2D eigenvalue weighted by Crippen LogP contribution is -2.44. The van der Waals surface area contributed by atoms with Crippen LogP contribution in [0.2, 0.25) is 0 Å². The molecule has 0 amide bonds. The Morgan fingerprint density at radius 3 is 2.71 bits per heavy atom. The summed E-state index contributed by atoms with van der Waals surface area (Å²) in [6.07, 6.45) is 4.04. The van der Waals surface area contributed by atoms with Crippen molar-refractivity contribution in [2.45, 2.75) is 18.9 Å². The highest BCUT2D eigenvalue weighted by Crippen LogP contribution is 2.28. The largest absolute Gasteiger partial charge is 0.469 e. The zero-order valence-corrected chi connectivity index (χ0v) is 16.6. The van der Waals surface area contributed by atoms with Gasteiger partial charge in [-0.1, -0.05) is 36.4 Å². The fraction of sp³-hybridized carbons (Fsp3) is 0.125. The lowest BCUT2D eigenvalue weighted by atomic mass is 10.1. The Bertz CT molecular complexity index is 1260. The second kappa shape index (κ2) is 7.68. The van der Waals surface area contributed by atoms with Crippen molar-refractivity contribution in [3.05, 3.63) is 96.0 Å². The van der Waals surface area contributed by atoms with Gasteiger partial charge < -0.3 is 10.2 Å². The molecule has 31 heavy (non-hydrogen) atoms. The Labute approximate surface area is 178 Å². The van der Waals surface area contributed by atoms with Crippen LogP contribution < -0.4 is 15.6 Å². The fourth-order valence-corrected chi connectivity index (χ4v) is 3.83. The van der Waals surface area contributed by atoms with Crippen molar-refractivity contribution in [1.82, 2.24) is 4.98 Å². The van der Waals surface area contributed by atoms with Gasteiger partial charge >= 0.3 is 11.7 Å². The topological polar surface area (TPSA) is 85.0 Å². The summed E-state index contributed by atoms with van der Waals surface area (Å²) >= 11 is 0. The summed E-state index contributed by atoms with van der Waals surface area (Å²) in [7, 11) is 0. The number of carbonyl (C=O) groups is 1. The Morgan fingerprint density at radius 1 is 1.10 bits per heavy atom. The maximum atomic E-state index is 14.7. The molecule has 3 heterocycles. The molecule has 1 aliphatic rings. The van der Waals surface area contributed by atoms with Gasteiger partial charge in [0.1, 0.15) is 23.3 Å². The summed E-state index contributed by atoms with van der Waals surface area (Å²) in [5.74, 6) is 0.623. The van der Waals surface area contributed by atoms with Gasteiger partial charge in [-0.3, -0.25) is 5.32 Å². The molecule has 0 saturated carbocycles. The number of rotatable bonds is 5. The molecule has 7 heteroatoms. The minimum atomic E-state index is -0.549. The van der Waals surface area contributed by atoms with E-state index in [-0.39, 0.29) is 17.2 Å². The number of nitrogens with two attached hydrogens (primary N) is 1. The van der Waals surface area contributed by atoms with Crippen molar-refractivity contribution in [2.75, 3.05) is 11.1 Å². The van der Waals surface area contributed by atoms with Gasteiger partial charge in [-0.25, -0.2) is 14.2 Å². The van der Waals surface area contributed by atoms with E-state index in [9.17, 15) is 9.18 Å². The van der Waals surface area contributed by atoms with Crippen LogP contribution in [0.3, 0.4) is 0 Å². The molecule has 1 atom stereocenters. The molecule has 4 aromatic rings. The highest BCUT2D eigenvalue weighted by Gasteiger charge is 2.41. The lowest BCUT2D eigenvalue weighted by Gasteiger charge is -2.08. The van der Waals surface area contributed by atoms with Gasteiger partial charge in [0.25, 0.3) is 0 Å². The number of anilines is 2. The Balaban J connectivity index is 1.60. The van der Waals surface area contributed by atoms with Crippen LogP contribution in [0, 0.1) is 5.82 Å². The van der Waals surface area contributed by atoms with E-state index >= 15 is 0 Å². The SMILES string of the molecule is Nc1cccc(-c2c[n+]3c(c(Cc4ccccc4)n2)NC(Cc2ccco2)C3=O)c1F. The number of halogens is 1. The molecule has 0 spiro atoms. The van der Waals surface area contributed by atoms with E-state index in [4.69, 9.17) is 15.1 Å². The number of nitrogen functional groups attached to an aromatic ring is 1. The molecule has 154 valence electrons. The highest BCUT2D eigenvalue weighted by atomic mass is 19.1. The van der Waals surface area contributed by atoms with Crippen LogP contribution in [-0.4, -0.2) is 16.9 Å². The molecular formula is C24H20FN4O2+. The molecule has 0 aliphatic carbocycles. The van der Waals surface area contributed by atoms with E-state index in [1.54, 1.807) is 30.7 Å². The van der Waals surface area contributed by atoms with Gasteiger partial charge in [0.2, 0.25) is 6.04 Å². The Kier molecular flexibility index (Phi) is 4.71. The molecular weight excluding hydrogens is 395 g/mol. The van der Waals surface area contributed by atoms with Crippen LogP contribution in [0.15, 0.2) is 77.5 Å². The Morgan fingerprint density at radius 2 is 1.94 bits per heavy atom. The summed E-state index contributed by atoms with van der Waals surface area (Å²) in [5.41, 5.74) is 8.09. The van der Waals surface area contributed by atoms with Crippen molar-refractivity contribution >= 4 is 17.4 Å². The van der Waals surface area contributed by atoms with Crippen molar-refractivity contribution < 1.29 is 18.2 Å². The number of aromatic nitrogens is 2. The van der Waals surface area contributed by atoms with E-state index in [0.717, 1.165) is 5.56 Å². The second-order valence-corrected chi connectivity index (χ2v) is 7.48. The molecule has 6 nitrogen and oxygen atoms in total. The first kappa shape index (κ1) is 19.0. The molecule has 2 aromatic heterocycles. The smallest absolute Gasteiger partial charge is 0.359 e. The van der Waals surface area contributed by atoms with Crippen molar-refractivity contribution in [3.8, 4) is 11.3 Å². The first-order chi connectivity index (χ1) is 15.1. The van der Waals surface area contributed by atoms with Crippen LogP contribution >= 0.6 is 0 Å². The van der Waals surface area contributed by atoms with Gasteiger partial charge in [0, 0.05) is 12.0 Å². The van der Waals surface area contributed by atoms with Gasteiger partial charge in [-0.05, 0) is 29.8 Å². The summed E-state index contributed by atoms with van der Waals surface area (Å²) < 4.78 is 21.7. The summed E-state index contributed by atoms with van der Waals surface area (Å²) in [4.78, 5) is 17.9. The van der Waals surface area contributed by atoms with E-state index in [2.05, 4.69) is 5.32 Å². The molecule has 0 fully saturated rings. The monoisotopic (exact) mass is 415 g/mol. The van der Waals surface area contributed by atoms with Gasteiger partial charge in [-0.15, -0.1) is 0 Å². The van der Waals surface area contributed by atoms with Crippen molar-refractivity contribution in [2.24, 2.45) is 0 Å². The van der Waals surface area contributed by atoms with Crippen LogP contribution in [0.1, 0.15) is 21.8 Å². The van der Waals surface area contributed by atoms with Crippen LogP contribution in [0.5, 0.6) is 0 Å². The zero-order chi connectivity index (χ0) is 21.4. The van der Waals surface area contributed by atoms with Crippen LogP contribution in [0.25, 0.3) is 11.3 Å². The number of carbonyl (C=O) groups excluding carboxylic acids is 1. The first-order valence-electron chi connectivity index (χ1n) is 9.97. The number of furan rings is 1. The predicted molar refractivity (Wildman–Crippen MR) is 114 cm³/mol. The molecule has 3 N–H and O–H groups in total. The summed E-state index contributed by atoms with van der Waals surface area (Å²) in [5, 5.41) is 3.29. The maximum Gasteiger partial charge on any atom is 0.359 e. The third-order valence-electron chi connectivity index (χ3n) is 5.37. The number of benzene rings is 2. The second-order valence-electron chi connectivity index (χ2n) is 7.48. The minimum Gasteiger partial charge on any atom is -0.469 e. The van der Waals surface area contributed by atoms with Crippen LogP contribution in [0.4, 0.5) is 15.9 Å². The van der Waals surface area contributed by atoms with E-state index in [1.165, 1.54) is 10.6 Å². The number of hydrogen-bond acceptors (Lipinski definition) is 5. The molecule has 0 radical (unpaired) electrons. The lowest BCUT2D eigenvalue weighted by molar-refractivity contribution is -0.552. The van der Waals surface area contributed by atoms with E-state index in [0.29, 0.717) is 35.8 Å². The summed E-state index contributed by atoms with van der Waals surface area (Å²) in [6.45, 7) is 0. The highest BCUT2D eigenvalue weighted by molar-refractivity contribution is 5.82. The van der Waals surface area contributed by atoms with Gasteiger partial charge in [-0.2, -0.15) is 4.57 Å². The molecule has 0 bridgehead atoms. The third-order valence-corrected chi connectivity index (χ3v) is 5.37. The number of fused-ring (bicyclic) bond motifs is 1. The normalized spacial score (nSPS) is 15.0. The first-order valence-corrected chi connectivity index (χ1v) is 9.97. The Hall–Kier alpha value is -4.00. The average molecular weight is 415 g/mol. The molecule has 2 aromatic carbocycles. The third kappa shape index (κ3) is 3.54. The van der Waals surface area contributed by atoms with Crippen LogP contribution in [-0.2, 0) is 12.8 Å². The molecule has 1 aliphatic heterocycles. The van der Waals surface area contributed by atoms with Gasteiger partial charge in [0.15, 0.2) is 5.82 Å². The minimum absolute atomic E-state index is 0.0366.